The van der Waals surface area contributed by atoms with E-state index in [1.165, 1.54) is 6.20 Å². The molecule has 0 aliphatic carbocycles. The smallest absolute Gasteiger partial charge is 0.266 e. The number of benzene rings is 2. The number of nitrogen functional groups attached to an aromatic ring is 2. The van der Waals surface area contributed by atoms with E-state index in [9.17, 15) is 4.79 Å². The molecule has 5 N–H and O–H groups in total. The third kappa shape index (κ3) is 3.39. The quantitative estimate of drug-likeness (QED) is 0.551. The number of para-hydroxylation sites is 2. The van der Waals surface area contributed by atoms with Gasteiger partial charge in [-0.05, 0) is 37.1 Å². The summed E-state index contributed by atoms with van der Waals surface area (Å²) in [4.78, 5) is 17.7. The highest BCUT2D eigenvalue weighted by Crippen LogP contribution is 2.17. The number of rotatable bonds is 0. The number of H-pyrrole nitrogens is 1. The predicted molar refractivity (Wildman–Crippen MR) is 87.1 cm³/mol. The van der Waals surface area contributed by atoms with Crippen molar-refractivity contribution in [1.29, 1.82) is 0 Å². The van der Waals surface area contributed by atoms with Crippen LogP contribution in [0, 0.1) is 13.8 Å². The number of aryl methyl sites for hydroxylation is 2. The highest BCUT2D eigenvalue weighted by Gasteiger charge is 1.96. The van der Waals surface area contributed by atoms with Crippen molar-refractivity contribution in [2.75, 3.05) is 11.5 Å². The van der Waals surface area contributed by atoms with E-state index in [2.05, 4.69) is 9.97 Å². The van der Waals surface area contributed by atoms with Crippen molar-refractivity contribution in [3.05, 3.63) is 64.1 Å². The third-order valence-electron chi connectivity index (χ3n) is 3.18. The van der Waals surface area contributed by atoms with Crippen LogP contribution in [0.1, 0.15) is 11.1 Å². The van der Waals surface area contributed by atoms with E-state index >= 15 is 0 Å². The molecule has 2 aromatic carbocycles. The molecule has 108 valence electrons. The van der Waals surface area contributed by atoms with Crippen LogP contribution in [0.4, 0.5) is 11.4 Å². The molecule has 21 heavy (non-hydrogen) atoms. The zero-order chi connectivity index (χ0) is 15.4. The topological polar surface area (TPSA) is 97.8 Å². The molecule has 3 aromatic rings. The van der Waals surface area contributed by atoms with Gasteiger partial charge < -0.3 is 16.5 Å². The molecule has 0 unspecified atom stereocenters. The van der Waals surface area contributed by atoms with E-state index in [4.69, 9.17) is 11.5 Å². The number of anilines is 2. The second-order valence-electron chi connectivity index (χ2n) is 4.79. The summed E-state index contributed by atoms with van der Waals surface area (Å²) in [6, 6.07) is 11.4. The normalized spacial score (nSPS) is 10.0. The number of nitrogens with two attached hydrogens (primary N) is 2. The third-order valence-corrected chi connectivity index (χ3v) is 3.18. The zero-order valence-corrected chi connectivity index (χ0v) is 12.1. The molecule has 0 saturated carbocycles. The van der Waals surface area contributed by atoms with Gasteiger partial charge in [0.05, 0.1) is 28.6 Å². The molecule has 5 heteroatoms. The van der Waals surface area contributed by atoms with Crippen LogP contribution in [-0.4, -0.2) is 9.97 Å². The van der Waals surface area contributed by atoms with Gasteiger partial charge in [0.25, 0.3) is 5.56 Å². The van der Waals surface area contributed by atoms with Crippen molar-refractivity contribution in [2.45, 2.75) is 13.8 Å². The minimum Gasteiger partial charge on any atom is -0.397 e. The lowest BCUT2D eigenvalue weighted by atomic mass is 10.2. The summed E-state index contributed by atoms with van der Waals surface area (Å²) < 4.78 is 0. The number of fused-ring (bicyclic) bond motifs is 1. The van der Waals surface area contributed by atoms with Crippen molar-refractivity contribution in [1.82, 2.24) is 9.97 Å². The molecular formula is C16H18N4O. The number of aromatic amines is 1. The highest BCUT2D eigenvalue weighted by atomic mass is 16.1. The Morgan fingerprint density at radius 1 is 1.00 bits per heavy atom. The van der Waals surface area contributed by atoms with Crippen LogP contribution in [0.3, 0.4) is 0 Å². The van der Waals surface area contributed by atoms with Crippen molar-refractivity contribution in [3.63, 3.8) is 0 Å². The Labute approximate surface area is 122 Å². The molecule has 3 rings (SSSR count). The lowest BCUT2D eigenvalue weighted by molar-refractivity contribution is 1.20. The molecule has 1 heterocycles. The maximum atomic E-state index is 10.9. The standard InChI is InChI=1S/C9H8N2O.C7H10N2/c1-6-3-2-4-7-9(6)11-8(12)5-10-7;1-5-3-2-4-6(8)7(5)9/h2-5H,1H3,(H,11,12);2-4H,8-9H2,1H3. The van der Waals surface area contributed by atoms with Crippen molar-refractivity contribution in [2.24, 2.45) is 0 Å². The van der Waals surface area contributed by atoms with Gasteiger partial charge in [-0.3, -0.25) is 4.79 Å². The average Bonchev–Trinajstić information content (AvgIpc) is 2.46. The lowest BCUT2D eigenvalue weighted by Crippen LogP contribution is -2.05. The van der Waals surface area contributed by atoms with E-state index in [1.54, 1.807) is 6.07 Å². The monoisotopic (exact) mass is 282 g/mol. The first-order valence-electron chi connectivity index (χ1n) is 6.54. The van der Waals surface area contributed by atoms with Gasteiger partial charge in [-0.2, -0.15) is 0 Å². The van der Waals surface area contributed by atoms with Gasteiger partial charge in [0.2, 0.25) is 0 Å². The van der Waals surface area contributed by atoms with Crippen LogP contribution < -0.4 is 17.0 Å². The molecule has 0 aliphatic heterocycles. The number of nitrogens with zero attached hydrogens (tertiary/aromatic N) is 1. The summed E-state index contributed by atoms with van der Waals surface area (Å²) in [5.41, 5.74) is 16.0. The fraction of sp³-hybridized carbons (Fsp3) is 0.125. The molecule has 0 bridgehead atoms. The fourth-order valence-electron chi connectivity index (χ4n) is 1.91. The minimum atomic E-state index is -0.156. The molecule has 0 fully saturated rings. The van der Waals surface area contributed by atoms with Crippen LogP contribution in [0.5, 0.6) is 0 Å². The Bertz CT molecular complexity index is 804. The first-order valence-corrected chi connectivity index (χ1v) is 6.54. The first kappa shape index (κ1) is 14.6. The average molecular weight is 282 g/mol. The summed E-state index contributed by atoms with van der Waals surface area (Å²) in [5.74, 6) is 0. The van der Waals surface area contributed by atoms with Gasteiger partial charge in [0.1, 0.15) is 0 Å². The highest BCUT2D eigenvalue weighted by molar-refractivity contribution is 5.76. The van der Waals surface area contributed by atoms with Gasteiger partial charge in [-0.25, -0.2) is 4.98 Å². The Morgan fingerprint density at radius 2 is 1.67 bits per heavy atom. The molecule has 0 radical (unpaired) electrons. The van der Waals surface area contributed by atoms with Crippen LogP contribution in [0.2, 0.25) is 0 Å². The molecule has 0 atom stereocenters. The Morgan fingerprint density at radius 3 is 2.33 bits per heavy atom. The molecule has 0 saturated heterocycles. The predicted octanol–water partition coefficient (Wildman–Crippen LogP) is 2.39. The van der Waals surface area contributed by atoms with Gasteiger partial charge in [0, 0.05) is 0 Å². The van der Waals surface area contributed by atoms with Crippen LogP contribution in [-0.2, 0) is 0 Å². The first-order chi connectivity index (χ1) is 9.99. The Balaban J connectivity index is 0.000000161. The number of hydrogen-bond donors (Lipinski definition) is 3. The molecule has 0 amide bonds. The molecular weight excluding hydrogens is 264 g/mol. The minimum absolute atomic E-state index is 0.156. The zero-order valence-electron chi connectivity index (χ0n) is 12.1. The SMILES string of the molecule is Cc1cccc(N)c1N.Cc1cccc2ncc(=O)[nH]c12. The summed E-state index contributed by atoms with van der Waals surface area (Å²) in [6.45, 7) is 3.88. The molecule has 0 spiro atoms. The number of aromatic nitrogens is 2. The van der Waals surface area contributed by atoms with Gasteiger partial charge in [0.15, 0.2) is 0 Å². The molecule has 5 nitrogen and oxygen atoms in total. The van der Waals surface area contributed by atoms with Crippen molar-refractivity contribution >= 4 is 22.4 Å². The summed E-state index contributed by atoms with van der Waals surface area (Å²) in [6.07, 6.45) is 1.29. The number of hydrogen-bond acceptors (Lipinski definition) is 4. The summed E-state index contributed by atoms with van der Waals surface area (Å²) in [5, 5.41) is 0. The Kier molecular flexibility index (Phi) is 4.23. The van der Waals surface area contributed by atoms with Gasteiger partial charge in [-0.15, -0.1) is 0 Å². The van der Waals surface area contributed by atoms with E-state index < -0.39 is 0 Å². The second kappa shape index (κ2) is 6.09. The van der Waals surface area contributed by atoms with Crippen molar-refractivity contribution < 1.29 is 0 Å². The number of nitrogens with one attached hydrogen (secondary N) is 1. The van der Waals surface area contributed by atoms with Crippen molar-refractivity contribution in [3.8, 4) is 0 Å². The molecule has 0 aliphatic rings. The fourth-order valence-corrected chi connectivity index (χ4v) is 1.91. The largest absolute Gasteiger partial charge is 0.397 e. The molecule has 1 aromatic heterocycles. The maximum absolute atomic E-state index is 10.9. The van der Waals surface area contributed by atoms with E-state index in [0.29, 0.717) is 11.4 Å². The lowest BCUT2D eigenvalue weighted by Gasteiger charge is -2.00. The van der Waals surface area contributed by atoms with Crippen LogP contribution in [0.25, 0.3) is 11.0 Å². The van der Waals surface area contributed by atoms with Crippen LogP contribution in [0.15, 0.2) is 47.4 Å². The second-order valence-corrected chi connectivity index (χ2v) is 4.79. The van der Waals surface area contributed by atoms with E-state index in [-0.39, 0.29) is 5.56 Å². The Hall–Kier alpha value is -2.82. The summed E-state index contributed by atoms with van der Waals surface area (Å²) in [7, 11) is 0. The van der Waals surface area contributed by atoms with Crippen LogP contribution >= 0.6 is 0 Å². The summed E-state index contributed by atoms with van der Waals surface area (Å²) >= 11 is 0. The van der Waals surface area contributed by atoms with E-state index in [0.717, 1.165) is 22.2 Å². The van der Waals surface area contributed by atoms with Gasteiger partial charge in [-0.1, -0.05) is 24.3 Å². The maximum Gasteiger partial charge on any atom is 0.266 e. The van der Waals surface area contributed by atoms with E-state index in [1.807, 2.05) is 44.2 Å². The van der Waals surface area contributed by atoms with Gasteiger partial charge >= 0.3 is 0 Å².